The monoisotopic (exact) mass is 688 g/mol. The predicted octanol–water partition coefficient (Wildman–Crippen LogP) is 1.59. The lowest BCUT2D eigenvalue weighted by molar-refractivity contribution is -0.118. The van der Waals surface area contributed by atoms with Crippen molar-refractivity contribution >= 4 is 52.7 Å². The van der Waals surface area contributed by atoms with E-state index in [0.717, 1.165) is 0 Å². The van der Waals surface area contributed by atoms with E-state index in [9.17, 15) is 19.8 Å². The van der Waals surface area contributed by atoms with Gasteiger partial charge in [-0.15, -0.1) is 0 Å². The lowest BCUT2D eigenvalue weighted by Crippen LogP contribution is -2.34. The van der Waals surface area contributed by atoms with Crippen LogP contribution in [0.15, 0.2) is 23.6 Å². The number of aliphatic hydroxyl groups excluding tert-OH is 2. The number of amides is 1. The van der Waals surface area contributed by atoms with Crippen LogP contribution >= 0.6 is 6.72 Å². The van der Waals surface area contributed by atoms with E-state index in [-0.39, 0.29) is 73.7 Å². The Balaban J connectivity index is 1.11. The van der Waals surface area contributed by atoms with Gasteiger partial charge in [0.2, 0.25) is 11.9 Å². The van der Waals surface area contributed by atoms with Crippen LogP contribution in [0.3, 0.4) is 0 Å². The average Bonchev–Trinajstić information content (AvgIpc) is 3.72. The van der Waals surface area contributed by atoms with Crippen molar-refractivity contribution in [3.05, 3.63) is 35.0 Å². The number of hydrogen-bond acceptors (Lipinski definition) is 15. The van der Waals surface area contributed by atoms with Gasteiger partial charge in [0.15, 0.2) is 23.0 Å². The molecule has 1 amide bonds. The number of fused-ring (bicyclic) bond motifs is 2. The Hall–Kier alpha value is -3.73. The maximum Gasteiger partial charge on any atom is 0.327 e. The van der Waals surface area contributed by atoms with E-state index in [1.807, 2.05) is 10.6 Å². The van der Waals surface area contributed by atoms with Crippen LogP contribution in [0.25, 0.3) is 22.3 Å². The Kier molecular flexibility index (Phi) is 9.73. The molecule has 4 aromatic rings. The van der Waals surface area contributed by atoms with Gasteiger partial charge < -0.3 is 33.1 Å². The average molecular weight is 689 g/mol. The minimum Gasteiger partial charge on any atom is -0.388 e. The number of rotatable bonds is 13. The first-order valence-electron chi connectivity index (χ1n) is 14.9. The third-order valence-electron chi connectivity index (χ3n) is 7.80. The molecule has 18 nitrogen and oxygen atoms in total. The molecular weight excluding hydrogens is 655 g/mol. The Morgan fingerprint density at radius 2 is 2.09 bits per heavy atom. The van der Waals surface area contributed by atoms with E-state index >= 15 is 0 Å². The Morgan fingerprint density at radius 1 is 1.28 bits per heavy atom. The number of aliphatic hydroxyl groups is 2. The minimum absolute atomic E-state index is 0.00929. The molecule has 1 unspecified atom stereocenters. The predicted molar refractivity (Wildman–Crippen MR) is 167 cm³/mol. The molecule has 1 saturated heterocycles. The standard InChI is InChI=1S/C27H33N10O8PS/c1-14(2)24(40)34-27-33-23-21(25(41)35-27)31-13-36(23)26-19(39)8-17(44-26)11-43-46(47,42-5-3-4-28)45-16-6-15(7-16)37-20(10-38)32-18-9-29-12-30-22(18)37/h9,12-17,19,26,38-39H,3,5-8,10-11H2,1-2H3,(H2,33,34,35,40,41)/t15?,16?,17-,19+,26+,46?/m0/s1. The normalized spacial score (nSPS) is 24.0. The molecule has 0 radical (unpaired) electrons. The fourth-order valence-corrected chi connectivity index (χ4v) is 7.57. The van der Waals surface area contributed by atoms with Crippen molar-refractivity contribution in [1.82, 2.24) is 39.0 Å². The molecule has 0 aromatic carbocycles. The highest BCUT2D eigenvalue weighted by atomic mass is 32.5. The first-order chi connectivity index (χ1) is 22.6. The maximum atomic E-state index is 12.6. The van der Waals surface area contributed by atoms with E-state index in [1.165, 1.54) is 17.2 Å². The van der Waals surface area contributed by atoms with Gasteiger partial charge in [0, 0.05) is 18.4 Å². The van der Waals surface area contributed by atoms with Gasteiger partial charge in [-0.25, -0.2) is 19.9 Å². The third kappa shape index (κ3) is 6.96. The molecule has 20 heteroatoms. The largest absolute Gasteiger partial charge is 0.388 e. The molecule has 0 bridgehead atoms. The molecule has 4 N–H and O–H groups in total. The van der Waals surface area contributed by atoms with Gasteiger partial charge in [-0.3, -0.25) is 24.5 Å². The zero-order valence-electron chi connectivity index (χ0n) is 25.4. The summed E-state index contributed by atoms with van der Waals surface area (Å²) >= 11 is 5.71. The quantitative estimate of drug-likeness (QED) is 0.115. The van der Waals surface area contributed by atoms with Crippen molar-refractivity contribution in [1.29, 1.82) is 5.26 Å². The van der Waals surface area contributed by atoms with Gasteiger partial charge in [-0.2, -0.15) is 10.2 Å². The number of ether oxygens (including phenoxy) is 1. The highest BCUT2D eigenvalue weighted by Gasteiger charge is 2.41. The van der Waals surface area contributed by atoms with Crippen LogP contribution in [-0.4, -0.2) is 86.7 Å². The van der Waals surface area contributed by atoms with Crippen molar-refractivity contribution in [2.24, 2.45) is 5.92 Å². The van der Waals surface area contributed by atoms with Crippen molar-refractivity contribution in [2.75, 3.05) is 18.5 Å². The summed E-state index contributed by atoms with van der Waals surface area (Å²) in [6.45, 7) is -0.288. The smallest absolute Gasteiger partial charge is 0.327 e. The number of anilines is 1. The second kappa shape index (κ2) is 13.8. The van der Waals surface area contributed by atoms with Crippen LogP contribution in [0.5, 0.6) is 0 Å². The van der Waals surface area contributed by atoms with Crippen molar-refractivity contribution in [2.45, 2.75) is 76.7 Å². The van der Waals surface area contributed by atoms with E-state index in [4.69, 9.17) is 35.4 Å². The van der Waals surface area contributed by atoms with E-state index < -0.39 is 30.7 Å². The van der Waals surface area contributed by atoms with Gasteiger partial charge in [-0.1, -0.05) is 13.8 Å². The SMILES string of the molecule is CC(C)C(=O)Nc1nc2c(ncn2[C@@H]2O[C@H](COP(=S)(OCCC#N)OC3CC(n4c(CO)nc5cncnc54)C3)C[C@H]2O)c(=O)[nH]1. The third-order valence-corrected chi connectivity index (χ3v) is 10.2. The lowest BCUT2D eigenvalue weighted by atomic mass is 9.89. The molecule has 1 aliphatic carbocycles. The number of nitriles is 1. The van der Waals surface area contributed by atoms with E-state index in [1.54, 1.807) is 20.0 Å². The molecular formula is C27H33N10O8PS. The summed E-state index contributed by atoms with van der Waals surface area (Å²) < 4.78 is 27.4. The van der Waals surface area contributed by atoms with Crippen molar-refractivity contribution in [3.63, 3.8) is 0 Å². The lowest BCUT2D eigenvalue weighted by Gasteiger charge is -2.39. The van der Waals surface area contributed by atoms with Crippen LogP contribution in [0.4, 0.5) is 5.95 Å². The summed E-state index contributed by atoms with van der Waals surface area (Å²) in [5.41, 5.74) is 0.761. The number of imidazole rings is 2. The second-order valence-electron chi connectivity index (χ2n) is 11.5. The highest BCUT2D eigenvalue weighted by molar-refractivity contribution is 8.07. The number of aromatic amines is 1. The van der Waals surface area contributed by atoms with Crippen LogP contribution in [0.2, 0.25) is 0 Å². The van der Waals surface area contributed by atoms with Gasteiger partial charge in [0.1, 0.15) is 30.4 Å². The molecule has 6 rings (SSSR count). The Morgan fingerprint density at radius 3 is 2.83 bits per heavy atom. The number of carbonyl (C=O) groups is 1. The molecule has 4 aromatic heterocycles. The first kappa shape index (κ1) is 33.2. The minimum atomic E-state index is -3.36. The molecule has 2 aliphatic rings. The highest BCUT2D eigenvalue weighted by Crippen LogP contribution is 2.55. The number of hydrogen-bond donors (Lipinski definition) is 4. The van der Waals surface area contributed by atoms with Crippen molar-refractivity contribution in [3.8, 4) is 6.07 Å². The fraction of sp³-hybridized carbons (Fsp3) is 0.556. The summed E-state index contributed by atoms with van der Waals surface area (Å²) in [6, 6.07) is 1.96. The first-order valence-corrected chi connectivity index (χ1v) is 17.5. The Bertz CT molecular complexity index is 1920. The van der Waals surface area contributed by atoms with Crippen LogP contribution < -0.4 is 10.9 Å². The molecule has 1 saturated carbocycles. The molecule has 5 heterocycles. The summed E-state index contributed by atoms with van der Waals surface area (Å²) in [5.74, 6) is -0.257. The number of carbonyl (C=O) groups excluding carboxylic acids is 1. The zero-order chi connectivity index (χ0) is 33.3. The molecule has 1 aliphatic heterocycles. The van der Waals surface area contributed by atoms with Gasteiger partial charge in [0.05, 0.1) is 50.4 Å². The fourth-order valence-electron chi connectivity index (χ4n) is 5.40. The summed E-state index contributed by atoms with van der Waals surface area (Å²) in [4.78, 5) is 48.5. The van der Waals surface area contributed by atoms with Crippen molar-refractivity contribution < 1.29 is 33.3 Å². The molecule has 4 atom stereocenters. The second-order valence-corrected chi connectivity index (χ2v) is 14.4. The van der Waals surface area contributed by atoms with Crippen LogP contribution in [0.1, 0.15) is 57.6 Å². The maximum absolute atomic E-state index is 12.6. The summed E-state index contributed by atoms with van der Waals surface area (Å²) in [5, 5.41) is 32.4. The summed E-state index contributed by atoms with van der Waals surface area (Å²) in [6.07, 6.45) is 2.71. The number of nitrogens with zero attached hydrogens (tertiary/aromatic N) is 8. The molecule has 0 spiro atoms. The zero-order valence-corrected chi connectivity index (χ0v) is 27.1. The van der Waals surface area contributed by atoms with E-state index in [2.05, 4.69) is 35.2 Å². The number of aromatic nitrogens is 8. The summed E-state index contributed by atoms with van der Waals surface area (Å²) in [7, 11) is 0. The van der Waals surface area contributed by atoms with Gasteiger partial charge >= 0.3 is 6.72 Å². The van der Waals surface area contributed by atoms with Crippen LogP contribution in [-0.2, 0) is 41.5 Å². The number of nitrogens with one attached hydrogen (secondary N) is 2. The Labute approximate surface area is 272 Å². The van der Waals surface area contributed by atoms with E-state index in [0.29, 0.717) is 29.8 Å². The molecule has 47 heavy (non-hydrogen) atoms. The van der Waals surface area contributed by atoms with Crippen LogP contribution in [0, 0.1) is 17.2 Å². The topological polar surface area (TPSA) is 237 Å². The molecule has 250 valence electrons. The molecule has 2 fully saturated rings. The van der Waals surface area contributed by atoms with Gasteiger partial charge in [0.25, 0.3) is 5.56 Å². The van der Waals surface area contributed by atoms with Gasteiger partial charge in [-0.05, 0) is 24.6 Å². The number of H-pyrrole nitrogens is 1.